The van der Waals surface area contributed by atoms with Crippen LogP contribution in [0.5, 0.6) is 28.7 Å². The predicted octanol–water partition coefficient (Wildman–Crippen LogP) is 0.787. The third kappa shape index (κ3) is 5.45. The molecule has 0 bridgehead atoms. The molecule has 9 nitrogen and oxygen atoms in total. The highest BCUT2D eigenvalue weighted by Gasteiger charge is 2.27. The summed E-state index contributed by atoms with van der Waals surface area (Å²) in [7, 11) is 4.22. The lowest BCUT2D eigenvalue weighted by Gasteiger charge is -2.25. The van der Waals surface area contributed by atoms with Gasteiger partial charge in [-0.15, -0.1) is 0 Å². The van der Waals surface area contributed by atoms with Crippen molar-refractivity contribution in [2.45, 2.75) is 24.7 Å². The van der Waals surface area contributed by atoms with Crippen LogP contribution in [0.2, 0.25) is 0 Å². The molecular formula is C21H28O9. The zero-order valence-corrected chi connectivity index (χ0v) is 17.1. The maximum absolute atomic E-state index is 10.7. The molecule has 1 unspecified atom stereocenters. The average molecular weight is 424 g/mol. The van der Waals surface area contributed by atoms with Gasteiger partial charge in [-0.2, -0.15) is 0 Å². The van der Waals surface area contributed by atoms with E-state index in [1.165, 1.54) is 39.5 Å². The number of hydrogen-bond acceptors (Lipinski definition) is 9. The summed E-state index contributed by atoms with van der Waals surface area (Å²) in [6, 6.07) is 7.53. The number of ether oxygens (including phenoxy) is 4. The second-order valence-corrected chi connectivity index (χ2v) is 6.58. The van der Waals surface area contributed by atoms with Crippen molar-refractivity contribution in [1.29, 1.82) is 0 Å². The molecule has 5 N–H and O–H groups in total. The molecule has 0 aliphatic rings. The van der Waals surface area contributed by atoms with Gasteiger partial charge in [0.05, 0.1) is 40.6 Å². The molecule has 166 valence electrons. The van der Waals surface area contributed by atoms with E-state index in [0.717, 1.165) is 0 Å². The van der Waals surface area contributed by atoms with Gasteiger partial charge in [0.25, 0.3) is 0 Å². The summed E-state index contributed by atoms with van der Waals surface area (Å²) in [5, 5.41) is 49.0. The molecule has 0 saturated carbocycles. The largest absolute Gasteiger partial charge is 0.504 e. The highest BCUT2D eigenvalue weighted by atomic mass is 16.6. The number of phenolic OH excluding ortho intramolecular Hbond substituents is 1. The number of hydrogen-bond donors (Lipinski definition) is 5. The van der Waals surface area contributed by atoms with Crippen molar-refractivity contribution in [3.63, 3.8) is 0 Å². The van der Waals surface area contributed by atoms with E-state index in [1.807, 2.05) is 0 Å². The Kier molecular flexibility index (Phi) is 8.55. The van der Waals surface area contributed by atoms with Crippen molar-refractivity contribution in [2.24, 2.45) is 0 Å². The van der Waals surface area contributed by atoms with Gasteiger partial charge in [0, 0.05) is 6.42 Å². The lowest BCUT2D eigenvalue weighted by Crippen LogP contribution is -2.29. The minimum atomic E-state index is -1.25. The summed E-state index contributed by atoms with van der Waals surface area (Å²) in [4.78, 5) is 0. The van der Waals surface area contributed by atoms with Gasteiger partial charge in [-0.25, -0.2) is 0 Å². The smallest absolute Gasteiger partial charge is 0.204 e. The molecule has 0 aromatic heterocycles. The molecule has 0 aliphatic carbocycles. The van der Waals surface area contributed by atoms with Crippen LogP contribution in [-0.4, -0.2) is 72.3 Å². The zero-order valence-electron chi connectivity index (χ0n) is 17.1. The van der Waals surface area contributed by atoms with Crippen LogP contribution in [0, 0.1) is 0 Å². The van der Waals surface area contributed by atoms with Crippen LogP contribution in [0.25, 0.3) is 0 Å². The lowest BCUT2D eigenvalue weighted by atomic mass is 10.0. The van der Waals surface area contributed by atoms with Crippen LogP contribution in [0.3, 0.4) is 0 Å². The van der Waals surface area contributed by atoms with Crippen molar-refractivity contribution in [3.8, 4) is 28.7 Å². The van der Waals surface area contributed by atoms with Gasteiger partial charge in [0.15, 0.2) is 29.1 Å². The highest BCUT2D eigenvalue weighted by Crippen LogP contribution is 2.41. The van der Waals surface area contributed by atoms with E-state index in [-0.39, 0.29) is 35.2 Å². The maximum Gasteiger partial charge on any atom is 0.204 e. The summed E-state index contributed by atoms with van der Waals surface area (Å²) in [5.74, 6) is 0.780. The van der Waals surface area contributed by atoms with Gasteiger partial charge in [-0.05, 0) is 35.4 Å². The van der Waals surface area contributed by atoms with Crippen LogP contribution < -0.4 is 18.9 Å². The predicted molar refractivity (Wildman–Crippen MR) is 107 cm³/mol. The molecule has 0 heterocycles. The van der Waals surface area contributed by atoms with Crippen molar-refractivity contribution in [2.75, 3.05) is 34.5 Å². The maximum atomic E-state index is 10.7. The molecule has 0 saturated heterocycles. The standard InChI is InChI=1S/C21H28O9/c1-27-16-9-13(4-5-15(16)25)20(26)19(11-23)30-21-17(28-2)7-12(6-14(24)10-22)8-18(21)29-3/h4-5,7-9,14,19-20,22-26H,6,10-11H2,1-3H3/t14?,19-,20-/m1/s1. The Hall–Kier alpha value is -2.72. The van der Waals surface area contributed by atoms with Crippen molar-refractivity contribution in [3.05, 3.63) is 41.5 Å². The first kappa shape index (κ1) is 23.6. The van der Waals surface area contributed by atoms with Gasteiger partial charge in [-0.3, -0.25) is 0 Å². The Morgan fingerprint density at radius 3 is 1.93 bits per heavy atom. The summed E-state index contributed by atoms with van der Waals surface area (Å²) >= 11 is 0. The first-order valence-electron chi connectivity index (χ1n) is 9.24. The average Bonchev–Trinajstić information content (AvgIpc) is 2.77. The number of aliphatic hydroxyl groups is 4. The monoisotopic (exact) mass is 424 g/mol. The first-order valence-corrected chi connectivity index (χ1v) is 9.24. The van der Waals surface area contributed by atoms with Crippen molar-refractivity contribution < 1.29 is 44.5 Å². The SMILES string of the molecule is COc1cc([C@@H](O)[C@@H](CO)Oc2c(OC)cc(CC(O)CO)cc2OC)ccc1O. The molecule has 2 aromatic rings. The van der Waals surface area contributed by atoms with Crippen LogP contribution in [0.4, 0.5) is 0 Å². The molecule has 2 aromatic carbocycles. The molecule has 0 radical (unpaired) electrons. The minimum Gasteiger partial charge on any atom is -0.504 e. The second kappa shape index (κ2) is 10.9. The number of rotatable bonds is 11. The Bertz CT molecular complexity index is 799. The molecule has 0 amide bonds. The Morgan fingerprint density at radius 1 is 0.833 bits per heavy atom. The van der Waals surface area contributed by atoms with E-state index < -0.39 is 31.5 Å². The first-order chi connectivity index (χ1) is 14.4. The van der Waals surface area contributed by atoms with Gasteiger partial charge < -0.3 is 44.5 Å². The quantitative estimate of drug-likeness (QED) is 0.354. The number of phenols is 1. The Morgan fingerprint density at radius 2 is 1.43 bits per heavy atom. The minimum absolute atomic E-state index is 0.0843. The summed E-state index contributed by atoms with van der Waals surface area (Å²) < 4.78 is 21.6. The fourth-order valence-corrected chi connectivity index (χ4v) is 2.95. The van der Waals surface area contributed by atoms with E-state index >= 15 is 0 Å². The number of aliphatic hydroxyl groups excluding tert-OH is 4. The third-order valence-corrected chi connectivity index (χ3v) is 4.55. The zero-order chi connectivity index (χ0) is 22.3. The van der Waals surface area contributed by atoms with Crippen LogP contribution in [0.1, 0.15) is 17.2 Å². The molecular weight excluding hydrogens is 396 g/mol. The molecule has 9 heteroatoms. The molecule has 30 heavy (non-hydrogen) atoms. The van der Waals surface area contributed by atoms with Crippen LogP contribution in [-0.2, 0) is 6.42 Å². The van der Waals surface area contributed by atoms with Gasteiger partial charge in [-0.1, -0.05) is 6.07 Å². The number of methoxy groups -OCH3 is 3. The molecule has 3 atom stereocenters. The van der Waals surface area contributed by atoms with Gasteiger partial charge >= 0.3 is 0 Å². The fraction of sp³-hybridized carbons (Fsp3) is 0.429. The topological polar surface area (TPSA) is 138 Å². The van der Waals surface area contributed by atoms with E-state index in [2.05, 4.69) is 0 Å². The Labute approximate surface area is 174 Å². The highest BCUT2D eigenvalue weighted by molar-refractivity contribution is 5.54. The van der Waals surface area contributed by atoms with E-state index in [0.29, 0.717) is 11.1 Å². The second-order valence-electron chi connectivity index (χ2n) is 6.58. The summed E-state index contributed by atoms with van der Waals surface area (Å²) in [6.45, 7) is -0.917. The van der Waals surface area contributed by atoms with Crippen molar-refractivity contribution >= 4 is 0 Å². The van der Waals surface area contributed by atoms with Gasteiger partial charge in [0.1, 0.15) is 6.10 Å². The molecule has 0 fully saturated rings. The lowest BCUT2D eigenvalue weighted by molar-refractivity contribution is -0.00177. The number of benzene rings is 2. The van der Waals surface area contributed by atoms with E-state index in [1.54, 1.807) is 12.1 Å². The summed E-state index contributed by atoms with van der Waals surface area (Å²) in [5.41, 5.74) is 1.01. The van der Waals surface area contributed by atoms with Crippen LogP contribution >= 0.6 is 0 Å². The van der Waals surface area contributed by atoms with Crippen molar-refractivity contribution in [1.82, 2.24) is 0 Å². The van der Waals surface area contributed by atoms with Crippen LogP contribution in [0.15, 0.2) is 30.3 Å². The summed E-state index contributed by atoms with van der Waals surface area (Å²) in [6.07, 6.45) is -3.11. The molecule has 0 aliphatic heterocycles. The number of aromatic hydroxyl groups is 1. The fourth-order valence-electron chi connectivity index (χ4n) is 2.95. The Balaban J connectivity index is 2.35. The molecule has 0 spiro atoms. The normalized spacial score (nSPS) is 14.0. The third-order valence-electron chi connectivity index (χ3n) is 4.55. The molecule has 2 rings (SSSR count). The van der Waals surface area contributed by atoms with E-state index in [4.69, 9.17) is 24.1 Å². The van der Waals surface area contributed by atoms with E-state index in [9.17, 15) is 20.4 Å². The van der Waals surface area contributed by atoms with Gasteiger partial charge in [0.2, 0.25) is 5.75 Å².